The average Bonchev–Trinajstić information content (AvgIpc) is 3.20. The van der Waals surface area contributed by atoms with E-state index in [0.717, 1.165) is 4.88 Å². The number of carbonyl (C=O) groups is 1. The van der Waals surface area contributed by atoms with E-state index >= 15 is 0 Å². The van der Waals surface area contributed by atoms with E-state index in [1.165, 1.54) is 45.4 Å². The van der Waals surface area contributed by atoms with Gasteiger partial charge < -0.3 is 10.9 Å². The number of sulfonamides is 1. The lowest BCUT2D eigenvalue weighted by atomic mass is 10.2. The minimum Gasteiger partial charge on any atom is -0.409 e. The molecule has 1 aromatic heterocycles. The lowest BCUT2D eigenvalue weighted by Crippen LogP contribution is -2.36. The van der Waals surface area contributed by atoms with Crippen molar-refractivity contribution in [2.24, 2.45) is 10.9 Å². The van der Waals surface area contributed by atoms with Crippen molar-refractivity contribution in [1.82, 2.24) is 9.79 Å². The molecule has 0 bridgehead atoms. The van der Waals surface area contributed by atoms with E-state index in [4.69, 9.17) is 16.1 Å². The van der Waals surface area contributed by atoms with Crippen LogP contribution in [-0.2, 0) is 21.2 Å². The molecule has 0 radical (unpaired) electrons. The van der Waals surface area contributed by atoms with Gasteiger partial charge in [-0.05, 0) is 42.1 Å². The summed E-state index contributed by atoms with van der Waals surface area (Å²) >= 11 is 1.52. The molecular formula is C16H20N4O5S2. The van der Waals surface area contributed by atoms with Gasteiger partial charge in [0.15, 0.2) is 5.84 Å². The van der Waals surface area contributed by atoms with E-state index in [-0.39, 0.29) is 30.2 Å². The first-order valence-electron chi connectivity index (χ1n) is 7.92. The highest BCUT2D eigenvalue weighted by Gasteiger charge is 2.25. The molecule has 0 atom stereocenters. The zero-order valence-electron chi connectivity index (χ0n) is 14.3. The minimum absolute atomic E-state index is 0.0209. The number of rotatable bonds is 9. The molecule has 11 heteroatoms. The molecule has 1 aromatic carbocycles. The number of thiophene rings is 1. The third-order valence-electron chi connectivity index (χ3n) is 3.80. The Bertz CT molecular complexity index is 880. The SMILES string of the molecule is N/C(=N/O)c1ccc(S(=O)(=O)N(CCC(=O)NO)CCc2cccs2)cc1. The summed E-state index contributed by atoms with van der Waals surface area (Å²) in [5, 5.41) is 22.1. The number of amides is 1. The van der Waals surface area contributed by atoms with Crippen molar-refractivity contribution >= 4 is 33.1 Å². The van der Waals surface area contributed by atoms with Crippen LogP contribution in [-0.4, -0.2) is 48.0 Å². The summed E-state index contributed by atoms with van der Waals surface area (Å²) in [6, 6.07) is 9.35. The molecule has 1 amide bonds. The topological polar surface area (TPSA) is 145 Å². The molecule has 0 fully saturated rings. The van der Waals surface area contributed by atoms with Crippen molar-refractivity contribution in [2.75, 3.05) is 13.1 Å². The minimum atomic E-state index is -3.87. The Balaban J connectivity index is 2.23. The fourth-order valence-electron chi connectivity index (χ4n) is 2.33. The second-order valence-corrected chi connectivity index (χ2v) is 8.50. The second kappa shape index (κ2) is 9.46. The summed E-state index contributed by atoms with van der Waals surface area (Å²) < 4.78 is 27.1. The van der Waals surface area contributed by atoms with Crippen molar-refractivity contribution in [1.29, 1.82) is 0 Å². The summed E-state index contributed by atoms with van der Waals surface area (Å²) in [5.74, 6) is -0.804. The van der Waals surface area contributed by atoms with Gasteiger partial charge in [-0.15, -0.1) is 11.3 Å². The van der Waals surface area contributed by atoms with Gasteiger partial charge in [0.2, 0.25) is 15.9 Å². The molecule has 5 N–H and O–H groups in total. The molecule has 0 aliphatic rings. The summed E-state index contributed by atoms with van der Waals surface area (Å²) in [6.45, 7) is 0.103. The van der Waals surface area contributed by atoms with Gasteiger partial charge in [0.1, 0.15) is 0 Å². The first kappa shape index (κ1) is 20.8. The Morgan fingerprint density at radius 3 is 2.48 bits per heavy atom. The third kappa shape index (κ3) is 5.50. The van der Waals surface area contributed by atoms with Crippen LogP contribution in [0.3, 0.4) is 0 Å². The van der Waals surface area contributed by atoms with E-state index < -0.39 is 15.9 Å². The Hall–Kier alpha value is -2.47. The van der Waals surface area contributed by atoms with Gasteiger partial charge in [-0.2, -0.15) is 4.31 Å². The molecular weight excluding hydrogens is 392 g/mol. The number of amidine groups is 1. The molecule has 2 rings (SSSR count). The normalized spacial score (nSPS) is 12.3. The van der Waals surface area contributed by atoms with E-state index in [2.05, 4.69) is 5.16 Å². The maximum atomic E-state index is 13.0. The smallest absolute Gasteiger partial charge is 0.244 e. The Morgan fingerprint density at radius 2 is 1.93 bits per heavy atom. The van der Waals surface area contributed by atoms with Gasteiger partial charge in [0, 0.05) is 30.0 Å². The summed E-state index contributed by atoms with van der Waals surface area (Å²) in [5.41, 5.74) is 7.36. The standard InChI is InChI=1S/C16H20N4O5S2/c17-16(19-23)12-3-5-14(6-4-12)27(24,25)20(10-8-15(21)18-22)9-7-13-2-1-11-26-13/h1-6,11,22-23H,7-10H2,(H2,17,19)(H,18,21). The number of nitrogens with one attached hydrogen (secondary N) is 1. The highest BCUT2D eigenvalue weighted by molar-refractivity contribution is 7.89. The number of hydrogen-bond acceptors (Lipinski definition) is 7. The van der Waals surface area contributed by atoms with Crippen LogP contribution < -0.4 is 11.2 Å². The maximum absolute atomic E-state index is 13.0. The number of oxime groups is 1. The van der Waals surface area contributed by atoms with Crippen molar-refractivity contribution in [3.05, 3.63) is 52.2 Å². The van der Waals surface area contributed by atoms with Crippen molar-refractivity contribution < 1.29 is 23.6 Å². The lowest BCUT2D eigenvalue weighted by Gasteiger charge is -2.22. The number of nitrogens with zero attached hydrogens (tertiary/aromatic N) is 2. The predicted molar refractivity (Wildman–Crippen MR) is 100 cm³/mol. The molecule has 27 heavy (non-hydrogen) atoms. The highest BCUT2D eigenvalue weighted by atomic mass is 32.2. The zero-order chi connectivity index (χ0) is 19.9. The largest absolute Gasteiger partial charge is 0.409 e. The lowest BCUT2D eigenvalue weighted by molar-refractivity contribution is -0.129. The summed E-state index contributed by atoms with van der Waals surface area (Å²) in [4.78, 5) is 12.4. The van der Waals surface area contributed by atoms with Gasteiger partial charge >= 0.3 is 0 Å². The first-order valence-corrected chi connectivity index (χ1v) is 10.2. The fourth-order valence-corrected chi connectivity index (χ4v) is 4.47. The Morgan fingerprint density at radius 1 is 1.22 bits per heavy atom. The van der Waals surface area contributed by atoms with Crippen LogP contribution in [0.5, 0.6) is 0 Å². The van der Waals surface area contributed by atoms with E-state index in [9.17, 15) is 13.2 Å². The van der Waals surface area contributed by atoms with Gasteiger partial charge in [-0.3, -0.25) is 10.0 Å². The van der Waals surface area contributed by atoms with Gasteiger partial charge in [-0.1, -0.05) is 11.2 Å². The van der Waals surface area contributed by atoms with Crippen molar-refractivity contribution in [2.45, 2.75) is 17.7 Å². The maximum Gasteiger partial charge on any atom is 0.244 e. The summed E-state index contributed by atoms with van der Waals surface area (Å²) in [6.07, 6.45) is 0.322. The van der Waals surface area contributed by atoms with Crippen LogP contribution in [0, 0.1) is 0 Å². The van der Waals surface area contributed by atoms with E-state index in [1.54, 1.807) is 0 Å². The molecule has 1 heterocycles. The van der Waals surface area contributed by atoms with Crippen LogP contribution in [0.15, 0.2) is 51.8 Å². The fraction of sp³-hybridized carbons (Fsp3) is 0.250. The van der Waals surface area contributed by atoms with Crippen LogP contribution in [0.25, 0.3) is 0 Å². The number of nitrogens with two attached hydrogens (primary N) is 1. The molecule has 0 unspecified atom stereocenters. The third-order valence-corrected chi connectivity index (χ3v) is 6.65. The Labute approximate surface area is 160 Å². The van der Waals surface area contributed by atoms with Gasteiger partial charge in [0.25, 0.3) is 0 Å². The highest BCUT2D eigenvalue weighted by Crippen LogP contribution is 2.19. The zero-order valence-corrected chi connectivity index (χ0v) is 15.9. The van der Waals surface area contributed by atoms with Crippen LogP contribution in [0.1, 0.15) is 16.9 Å². The van der Waals surface area contributed by atoms with E-state index in [1.807, 2.05) is 17.5 Å². The van der Waals surface area contributed by atoms with Crippen LogP contribution >= 0.6 is 11.3 Å². The van der Waals surface area contributed by atoms with E-state index in [0.29, 0.717) is 12.0 Å². The van der Waals surface area contributed by atoms with Gasteiger partial charge in [-0.25, -0.2) is 13.9 Å². The average molecular weight is 412 g/mol. The quantitative estimate of drug-likeness (QED) is 0.159. The molecule has 146 valence electrons. The van der Waals surface area contributed by atoms with Gasteiger partial charge in [0.05, 0.1) is 4.90 Å². The Kier molecular flexibility index (Phi) is 7.30. The van der Waals surface area contributed by atoms with Crippen molar-refractivity contribution in [3.8, 4) is 0 Å². The number of hydroxylamine groups is 1. The predicted octanol–water partition coefficient (Wildman–Crippen LogP) is 0.972. The second-order valence-electron chi connectivity index (χ2n) is 5.53. The number of hydrogen-bond donors (Lipinski definition) is 4. The molecule has 0 spiro atoms. The summed E-state index contributed by atoms with van der Waals surface area (Å²) in [7, 11) is -3.87. The monoisotopic (exact) mass is 412 g/mol. The van der Waals surface area contributed by atoms with Crippen LogP contribution in [0.2, 0.25) is 0 Å². The molecule has 0 aliphatic heterocycles. The molecule has 0 saturated carbocycles. The number of benzene rings is 1. The van der Waals surface area contributed by atoms with Crippen LogP contribution in [0.4, 0.5) is 0 Å². The molecule has 9 nitrogen and oxygen atoms in total. The molecule has 2 aromatic rings. The first-order chi connectivity index (χ1) is 12.9. The number of carbonyl (C=O) groups excluding carboxylic acids is 1. The molecule has 0 saturated heterocycles. The molecule has 0 aliphatic carbocycles. The van der Waals surface area contributed by atoms with Crippen molar-refractivity contribution in [3.63, 3.8) is 0 Å².